The lowest BCUT2D eigenvalue weighted by Crippen LogP contribution is -2.39. The Kier molecular flexibility index (Phi) is 4.71. The van der Waals surface area contributed by atoms with Crippen molar-refractivity contribution in [3.05, 3.63) is 75.6 Å². The highest BCUT2D eigenvalue weighted by Gasteiger charge is 2.25. The fraction of sp³-hybridized carbons (Fsp3) is 0.250. The smallest absolute Gasteiger partial charge is 0.248 e. The molecule has 0 amide bonds. The molecule has 1 unspecified atom stereocenters. The first-order valence-electron chi connectivity index (χ1n) is 8.66. The third-order valence-corrected chi connectivity index (χ3v) is 4.53. The number of H-pyrrole nitrogens is 1. The van der Waals surface area contributed by atoms with Gasteiger partial charge < -0.3 is 9.72 Å². The number of fused-ring (bicyclic) bond motifs is 3. The van der Waals surface area contributed by atoms with Crippen LogP contribution in [0.1, 0.15) is 16.7 Å². The number of nitrogens with one attached hydrogen (secondary N) is 3. The average molecular weight is 351 g/mol. The molecule has 0 fully saturated rings. The van der Waals surface area contributed by atoms with Gasteiger partial charge in [-0.3, -0.25) is 9.63 Å². The van der Waals surface area contributed by atoms with Gasteiger partial charge in [-0.2, -0.15) is 0 Å². The van der Waals surface area contributed by atoms with Gasteiger partial charge in [0.1, 0.15) is 11.9 Å². The molecule has 1 aliphatic heterocycles. The minimum Gasteiger partial charge on any atom is -0.488 e. The van der Waals surface area contributed by atoms with Gasteiger partial charge in [-0.15, -0.1) is 5.59 Å². The van der Waals surface area contributed by atoms with Crippen molar-refractivity contribution in [1.82, 2.24) is 16.0 Å². The van der Waals surface area contributed by atoms with E-state index in [0.29, 0.717) is 13.2 Å². The Labute approximate surface area is 151 Å². The Morgan fingerprint density at radius 1 is 1.23 bits per heavy atom. The standard InChI is InChI=1S/C20H21N3O3/c1-13-9-15-10-16(11-21-23-25-12-14-5-3-2-4-6-14)26-20(15)17-7-8-18(24)22-19(13)17/h2-9,16,21,23H,10-12H2,1H3,(H,22,24). The number of rotatable bonds is 6. The Morgan fingerprint density at radius 2 is 2.08 bits per heavy atom. The van der Waals surface area contributed by atoms with Gasteiger partial charge in [-0.25, -0.2) is 5.43 Å². The highest BCUT2D eigenvalue weighted by atomic mass is 16.7. The average Bonchev–Trinajstić information content (AvgIpc) is 3.05. The van der Waals surface area contributed by atoms with Crippen molar-refractivity contribution in [2.45, 2.75) is 26.1 Å². The summed E-state index contributed by atoms with van der Waals surface area (Å²) in [5, 5.41) is 0.954. The van der Waals surface area contributed by atoms with Gasteiger partial charge in [0.2, 0.25) is 5.56 Å². The molecule has 4 rings (SSSR count). The largest absolute Gasteiger partial charge is 0.488 e. The van der Waals surface area contributed by atoms with E-state index in [1.165, 1.54) is 11.6 Å². The summed E-state index contributed by atoms with van der Waals surface area (Å²) in [4.78, 5) is 19.9. The summed E-state index contributed by atoms with van der Waals surface area (Å²) >= 11 is 0. The second-order valence-electron chi connectivity index (χ2n) is 6.49. The summed E-state index contributed by atoms with van der Waals surface area (Å²) in [5.74, 6) is 0.860. The van der Waals surface area contributed by atoms with Crippen LogP contribution in [-0.4, -0.2) is 17.6 Å². The summed E-state index contributed by atoms with van der Waals surface area (Å²) in [5.41, 5.74) is 9.88. The molecule has 0 aliphatic carbocycles. The monoisotopic (exact) mass is 351 g/mol. The number of benzene rings is 2. The number of hydrazine groups is 1. The van der Waals surface area contributed by atoms with Crippen molar-refractivity contribution in [3.8, 4) is 5.75 Å². The topological polar surface area (TPSA) is 75.4 Å². The predicted molar refractivity (Wildman–Crippen MR) is 99.8 cm³/mol. The first-order chi connectivity index (χ1) is 12.7. The van der Waals surface area contributed by atoms with E-state index in [9.17, 15) is 4.79 Å². The quantitative estimate of drug-likeness (QED) is 0.470. The van der Waals surface area contributed by atoms with Crippen LogP contribution >= 0.6 is 0 Å². The molecule has 0 saturated heterocycles. The maximum atomic E-state index is 11.6. The molecule has 0 spiro atoms. The zero-order valence-electron chi connectivity index (χ0n) is 14.5. The first-order valence-corrected chi connectivity index (χ1v) is 8.66. The molecule has 2 aromatic carbocycles. The van der Waals surface area contributed by atoms with Crippen LogP contribution in [0.3, 0.4) is 0 Å². The molecule has 0 radical (unpaired) electrons. The normalized spacial score (nSPS) is 15.8. The van der Waals surface area contributed by atoms with E-state index < -0.39 is 0 Å². The molecule has 0 saturated carbocycles. The molecule has 134 valence electrons. The van der Waals surface area contributed by atoms with E-state index in [1.54, 1.807) is 0 Å². The van der Waals surface area contributed by atoms with Crippen LogP contribution in [-0.2, 0) is 17.9 Å². The number of aromatic nitrogens is 1. The lowest BCUT2D eigenvalue weighted by molar-refractivity contribution is -0.00700. The molecule has 6 nitrogen and oxygen atoms in total. The number of hydrogen-bond acceptors (Lipinski definition) is 5. The summed E-state index contributed by atoms with van der Waals surface area (Å²) in [6, 6.07) is 15.4. The zero-order chi connectivity index (χ0) is 17.9. The number of pyridine rings is 1. The van der Waals surface area contributed by atoms with E-state index in [1.807, 2.05) is 43.3 Å². The van der Waals surface area contributed by atoms with Crippen molar-refractivity contribution >= 4 is 10.9 Å². The van der Waals surface area contributed by atoms with Crippen molar-refractivity contribution < 1.29 is 9.57 Å². The molecule has 6 heteroatoms. The van der Waals surface area contributed by atoms with E-state index in [0.717, 1.165) is 34.2 Å². The van der Waals surface area contributed by atoms with Gasteiger partial charge in [0.15, 0.2) is 0 Å². The van der Waals surface area contributed by atoms with Crippen molar-refractivity contribution in [2.24, 2.45) is 0 Å². The molecular weight excluding hydrogens is 330 g/mol. The Morgan fingerprint density at radius 3 is 2.92 bits per heavy atom. The lowest BCUT2D eigenvalue weighted by atomic mass is 10.0. The number of hydrogen-bond donors (Lipinski definition) is 3. The van der Waals surface area contributed by atoms with Crippen LogP contribution in [0, 0.1) is 6.92 Å². The minimum atomic E-state index is -0.100. The maximum absolute atomic E-state index is 11.6. The SMILES string of the molecule is Cc1cc2c(c3ccc(=O)[nH]c13)OC(CNNOCc1ccccc1)C2. The molecule has 0 bridgehead atoms. The molecule has 26 heavy (non-hydrogen) atoms. The molecular formula is C20H21N3O3. The van der Waals surface area contributed by atoms with Gasteiger partial charge in [-0.05, 0) is 29.7 Å². The Hall–Kier alpha value is -2.67. The van der Waals surface area contributed by atoms with Crippen LogP contribution in [0.5, 0.6) is 5.75 Å². The van der Waals surface area contributed by atoms with Crippen molar-refractivity contribution in [1.29, 1.82) is 0 Å². The number of aryl methyl sites for hydroxylation is 1. The molecule has 1 aromatic heterocycles. The molecule has 3 N–H and O–H groups in total. The van der Waals surface area contributed by atoms with E-state index in [2.05, 4.69) is 22.1 Å². The predicted octanol–water partition coefficient (Wildman–Crippen LogP) is 2.37. The minimum absolute atomic E-state index is 0.00903. The van der Waals surface area contributed by atoms with Crippen LogP contribution in [0.25, 0.3) is 10.9 Å². The molecule has 3 aromatic rings. The maximum Gasteiger partial charge on any atom is 0.248 e. The van der Waals surface area contributed by atoms with Crippen molar-refractivity contribution in [2.75, 3.05) is 6.54 Å². The number of ether oxygens (including phenoxy) is 1. The van der Waals surface area contributed by atoms with Crippen LogP contribution < -0.4 is 21.3 Å². The fourth-order valence-electron chi connectivity index (χ4n) is 3.31. The van der Waals surface area contributed by atoms with Crippen LogP contribution in [0.2, 0.25) is 0 Å². The summed E-state index contributed by atoms with van der Waals surface area (Å²) in [6.45, 7) is 3.09. The summed E-state index contributed by atoms with van der Waals surface area (Å²) in [6.07, 6.45) is 0.827. The Balaban J connectivity index is 1.34. The summed E-state index contributed by atoms with van der Waals surface area (Å²) in [7, 11) is 0. The number of aromatic amines is 1. The highest BCUT2D eigenvalue weighted by molar-refractivity contribution is 5.89. The third-order valence-electron chi connectivity index (χ3n) is 4.53. The van der Waals surface area contributed by atoms with E-state index in [-0.39, 0.29) is 11.7 Å². The zero-order valence-corrected chi connectivity index (χ0v) is 14.5. The molecule has 1 aliphatic rings. The fourth-order valence-corrected chi connectivity index (χ4v) is 3.31. The van der Waals surface area contributed by atoms with Crippen LogP contribution in [0.15, 0.2) is 53.3 Å². The van der Waals surface area contributed by atoms with Gasteiger partial charge in [0.25, 0.3) is 0 Å². The van der Waals surface area contributed by atoms with Crippen molar-refractivity contribution in [3.63, 3.8) is 0 Å². The van der Waals surface area contributed by atoms with Gasteiger partial charge in [-0.1, -0.05) is 36.4 Å². The molecule has 2 heterocycles. The van der Waals surface area contributed by atoms with E-state index in [4.69, 9.17) is 9.57 Å². The van der Waals surface area contributed by atoms with E-state index >= 15 is 0 Å². The summed E-state index contributed by atoms with van der Waals surface area (Å²) < 4.78 is 6.10. The van der Waals surface area contributed by atoms with Gasteiger partial charge >= 0.3 is 0 Å². The Bertz CT molecular complexity index is 969. The van der Waals surface area contributed by atoms with Crippen LogP contribution in [0.4, 0.5) is 0 Å². The highest BCUT2D eigenvalue weighted by Crippen LogP contribution is 2.36. The third kappa shape index (κ3) is 3.48. The lowest BCUT2D eigenvalue weighted by Gasteiger charge is -2.13. The first kappa shape index (κ1) is 16.8. The second-order valence-corrected chi connectivity index (χ2v) is 6.49. The second kappa shape index (κ2) is 7.29. The van der Waals surface area contributed by atoms with Gasteiger partial charge in [0, 0.05) is 24.4 Å². The molecule has 1 atom stereocenters. The van der Waals surface area contributed by atoms with Gasteiger partial charge in [0.05, 0.1) is 12.1 Å².